The largest absolute Gasteiger partial charge is 0.494 e. The predicted molar refractivity (Wildman–Crippen MR) is 80.7 cm³/mol. The van der Waals surface area contributed by atoms with Crippen molar-refractivity contribution in [3.63, 3.8) is 0 Å². The van der Waals surface area contributed by atoms with Crippen LogP contribution in [0.25, 0.3) is 0 Å². The molecule has 0 unspecified atom stereocenters. The molecule has 0 atom stereocenters. The van der Waals surface area contributed by atoms with Gasteiger partial charge in [-0.1, -0.05) is 19.1 Å². The van der Waals surface area contributed by atoms with Crippen LogP contribution < -0.4 is 10.1 Å². The van der Waals surface area contributed by atoms with E-state index in [4.69, 9.17) is 10.00 Å². The van der Waals surface area contributed by atoms with E-state index in [1.807, 2.05) is 30.3 Å². The summed E-state index contributed by atoms with van der Waals surface area (Å²) in [4.78, 5) is 0. The molecule has 0 saturated heterocycles. The van der Waals surface area contributed by atoms with Gasteiger partial charge in [-0.3, -0.25) is 0 Å². The minimum Gasteiger partial charge on any atom is -0.494 e. The van der Waals surface area contributed by atoms with Crippen LogP contribution in [0.4, 0.5) is 10.1 Å². The summed E-state index contributed by atoms with van der Waals surface area (Å²) in [7, 11) is 0. The molecule has 0 saturated carbocycles. The van der Waals surface area contributed by atoms with Gasteiger partial charge in [0.05, 0.1) is 12.2 Å². The standard InChI is InChI=1S/C17H17FN2O/c1-2-10-21-16-8-6-15(7-9-16)20-12-14-5-3-4-13(11-19)17(14)18/h3-9,20H,2,10,12H2,1H3. The molecule has 0 amide bonds. The quantitative estimate of drug-likeness (QED) is 0.868. The number of hydrogen-bond donors (Lipinski definition) is 1. The average molecular weight is 284 g/mol. The lowest BCUT2D eigenvalue weighted by atomic mass is 10.1. The summed E-state index contributed by atoms with van der Waals surface area (Å²) < 4.78 is 19.4. The Hall–Kier alpha value is -2.54. The molecule has 2 aromatic carbocycles. The fourth-order valence-corrected chi connectivity index (χ4v) is 1.89. The van der Waals surface area contributed by atoms with E-state index < -0.39 is 5.82 Å². The van der Waals surface area contributed by atoms with Gasteiger partial charge in [-0.2, -0.15) is 5.26 Å². The smallest absolute Gasteiger partial charge is 0.145 e. The number of anilines is 1. The fraction of sp³-hybridized carbons (Fsp3) is 0.235. The summed E-state index contributed by atoms with van der Waals surface area (Å²) >= 11 is 0. The van der Waals surface area contributed by atoms with Crippen molar-refractivity contribution >= 4 is 5.69 Å². The first-order valence-electron chi connectivity index (χ1n) is 6.88. The lowest BCUT2D eigenvalue weighted by molar-refractivity contribution is 0.317. The van der Waals surface area contributed by atoms with E-state index in [9.17, 15) is 4.39 Å². The van der Waals surface area contributed by atoms with Crippen molar-refractivity contribution in [1.82, 2.24) is 0 Å². The van der Waals surface area contributed by atoms with Crippen LogP contribution in [0.5, 0.6) is 5.75 Å². The Kier molecular flexibility index (Phi) is 5.16. The molecule has 0 spiro atoms. The summed E-state index contributed by atoms with van der Waals surface area (Å²) in [6.07, 6.45) is 0.967. The van der Waals surface area contributed by atoms with Crippen molar-refractivity contribution in [2.24, 2.45) is 0 Å². The molecule has 2 rings (SSSR count). The third-order valence-corrected chi connectivity index (χ3v) is 3.01. The van der Waals surface area contributed by atoms with Crippen LogP contribution in [0.3, 0.4) is 0 Å². The molecule has 2 aromatic rings. The molecular formula is C17H17FN2O. The Morgan fingerprint density at radius 2 is 1.95 bits per heavy atom. The molecule has 0 aliphatic rings. The Balaban J connectivity index is 1.99. The molecule has 108 valence electrons. The van der Waals surface area contributed by atoms with Gasteiger partial charge < -0.3 is 10.1 Å². The summed E-state index contributed by atoms with van der Waals surface area (Å²) in [6.45, 7) is 3.08. The highest BCUT2D eigenvalue weighted by Gasteiger charge is 2.07. The molecule has 0 aromatic heterocycles. The molecule has 21 heavy (non-hydrogen) atoms. The van der Waals surface area contributed by atoms with Crippen molar-refractivity contribution < 1.29 is 9.13 Å². The highest BCUT2D eigenvalue weighted by Crippen LogP contribution is 2.18. The molecule has 0 aliphatic heterocycles. The number of rotatable bonds is 6. The number of halogens is 1. The van der Waals surface area contributed by atoms with Crippen molar-refractivity contribution in [1.29, 1.82) is 5.26 Å². The second kappa shape index (κ2) is 7.30. The van der Waals surface area contributed by atoms with Gasteiger partial charge in [-0.05, 0) is 36.8 Å². The van der Waals surface area contributed by atoms with Gasteiger partial charge in [-0.25, -0.2) is 4.39 Å². The highest BCUT2D eigenvalue weighted by molar-refractivity contribution is 5.47. The number of nitriles is 1. The number of benzene rings is 2. The Morgan fingerprint density at radius 1 is 1.19 bits per heavy atom. The number of ether oxygens (including phenoxy) is 1. The lowest BCUT2D eigenvalue weighted by Crippen LogP contribution is -2.03. The molecule has 1 N–H and O–H groups in total. The highest BCUT2D eigenvalue weighted by atomic mass is 19.1. The summed E-state index contributed by atoms with van der Waals surface area (Å²) in [6, 6.07) is 14.2. The predicted octanol–water partition coefficient (Wildman–Crippen LogP) is 4.10. The van der Waals surface area contributed by atoms with Gasteiger partial charge in [0.15, 0.2) is 0 Å². The molecule has 0 aliphatic carbocycles. The first kappa shape index (κ1) is 14.9. The molecule has 3 nitrogen and oxygen atoms in total. The van der Waals surface area contributed by atoms with Crippen LogP contribution in [0.15, 0.2) is 42.5 Å². The lowest BCUT2D eigenvalue weighted by Gasteiger charge is -2.09. The van der Waals surface area contributed by atoms with E-state index in [0.29, 0.717) is 18.7 Å². The molecule has 0 heterocycles. The van der Waals surface area contributed by atoms with Gasteiger partial charge >= 0.3 is 0 Å². The third kappa shape index (κ3) is 3.96. The number of nitrogens with zero attached hydrogens (tertiary/aromatic N) is 1. The Morgan fingerprint density at radius 3 is 2.62 bits per heavy atom. The van der Waals surface area contributed by atoms with Crippen molar-refractivity contribution in [3.8, 4) is 11.8 Å². The molecule has 4 heteroatoms. The zero-order chi connectivity index (χ0) is 15.1. The first-order chi connectivity index (χ1) is 10.2. The van der Waals surface area contributed by atoms with Gasteiger partial charge in [0.25, 0.3) is 0 Å². The van der Waals surface area contributed by atoms with E-state index in [1.54, 1.807) is 12.1 Å². The summed E-state index contributed by atoms with van der Waals surface area (Å²) in [5.74, 6) is 0.357. The zero-order valence-corrected chi connectivity index (χ0v) is 11.9. The fourth-order valence-electron chi connectivity index (χ4n) is 1.89. The van der Waals surface area contributed by atoms with Crippen molar-refractivity contribution in [3.05, 3.63) is 59.4 Å². The van der Waals surface area contributed by atoms with E-state index in [-0.39, 0.29) is 5.56 Å². The molecular weight excluding hydrogens is 267 g/mol. The number of nitrogens with one attached hydrogen (secondary N) is 1. The van der Waals surface area contributed by atoms with Crippen LogP contribution in [-0.2, 0) is 6.54 Å². The van der Waals surface area contributed by atoms with Crippen LogP contribution in [-0.4, -0.2) is 6.61 Å². The normalized spacial score (nSPS) is 9.95. The Labute approximate surface area is 124 Å². The van der Waals surface area contributed by atoms with E-state index in [1.165, 1.54) is 6.07 Å². The van der Waals surface area contributed by atoms with Crippen molar-refractivity contribution in [2.75, 3.05) is 11.9 Å². The maximum absolute atomic E-state index is 13.9. The second-order valence-electron chi connectivity index (χ2n) is 4.62. The molecule has 0 radical (unpaired) electrons. The van der Waals surface area contributed by atoms with Crippen LogP contribution >= 0.6 is 0 Å². The maximum Gasteiger partial charge on any atom is 0.145 e. The van der Waals surface area contributed by atoms with E-state index in [0.717, 1.165) is 17.9 Å². The van der Waals surface area contributed by atoms with E-state index in [2.05, 4.69) is 12.2 Å². The monoisotopic (exact) mass is 284 g/mol. The van der Waals surface area contributed by atoms with Crippen LogP contribution in [0.2, 0.25) is 0 Å². The van der Waals surface area contributed by atoms with Gasteiger partial charge in [-0.15, -0.1) is 0 Å². The third-order valence-electron chi connectivity index (χ3n) is 3.01. The first-order valence-corrected chi connectivity index (χ1v) is 6.88. The van der Waals surface area contributed by atoms with Crippen LogP contribution in [0.1, 0.15) is 24.5 Å². The van der Waals surface area contributed by atoms with Crippen molar-refractivity contribution in [2.45, 2.75) is 19.9 Å². The minimum absolute atomic E-state index is 0.0672. The topological polar surface area (TPSA) is 45.0 Å². The average Bonchev–Trinajstić information content (AvgIpc) is 2.53. The zero-order valence-electron chi connectivity index (χ0n) is 11.9. The van der Waals surface area contributed by atoms with Crippen LogP contribution in [0, 0.1) is 17.1 Å². The summed E-state index contributed by atoms with van der Waals surface area (Å²) in [5, 5.41) is 11.9. The SMILES string of the molecule is CCCOc1ccc(NCc2cccc(C#N)c2F)cc1. The van der Waals surface area contributed by atoms with E-state index >= 15 is 0 Å². The maximum atomic E-state index is 13.9. The number of hydrogen-bond acceptors (Lipinski definition) is 3. The van der Waals surface area contributed by atoms with Gasteiger partial charge in [0.2, 0.25) is 0 Å². The minimum atomic E-state index is -0.463. The Bertz CT molecular complexity index is 632. The van der Waals surface area contributed by atoms with Gasteiger partial charge in [0, 0.05) is 17.8 Å². The molecule has 0 bridgehead atoms. The molecule has 0 fully saturated rings. The summed E-state index contributed by atoms with van der Waals surface area (Å²) in [5.41, 5.74) is 1.42. The second-order valence-corrected chi connectivity index (χ2v) is 4.62. The van der Waals surface area contributed by atoms with Gasteiger partial charge in [0.1, 0.15) is 17.6 Å².